The summed E-state index contributed by atoms with van der Waals surface area (Å²) in [6.45, 7) is 0. The second-order valence-electron chi connectivity index (χ2n) is 6.39. The molecule has 2 aliphatic heterocycles. The van der Waals surface area contributed by atoms with Gasteiger partial charge >= 0.3 is 0 Å². The van der Waals surface area contributed by atoms with E-state index in [1.54, 1.807) is 6.07 Å². The molecule has 112 valence electrons. The number of fused-ring (bicyclic) bond motifs is 5. The maximum Gasteiger partial charge on any atom is 0.247 e. The van der Waals surface area contributed by atoms with Crippen LogP contribution in [0.15, 0.2) is 12.1 Å². The summed E-state index contributed by atoms with van der Waals surface area (Å²) in [6.07, 6.45) is 6.83. The summed E-state index contributed by atoms with van der Waals surface area (Å²) in [6, 6.07) is 3.29. The van der Waals surface area contributed by atoms with Crippen LogP contribution in [0.25, 0.3) is 0 Å². The third kappa shape index (κ3) is 2.03. The zero-order valence-corrected chi connectivity index (χ0v) is 12.5. The summed E-state index contributed by atoms with van der Waals surface area (Å²) in [5, 5.41) is 2.97. The number of piperidine rings is 1. The number of halogens is 2. The molecule has 3 unspecified atom stereocenters. The van der Waals surface area contributed by atoms with E-state index in [2.05, 4.69) is 10.2 Å². The summed E-state index contributed by atoms with van der Waals surface area (Å²) in [7, 11) is 0. The van der Waals surface area contributed by atoms with Crippen LogP contribution in [0.1, 0.15) is 38.5 Å². The smallest absolute Gasteiger partial charge is 0.247 e. The Balaban J connectivity index is 1.82. The Morgan fingerprint density at radius 3 is 2.86 bits per heavy atom. The van der Waals surface area contributed by atoms with Gasteiger partial charge in [-0.25, -0.2) is 4.39 Å². The number of hydrogen-bond acceptors (Lipinski definition) is 2. The normalized spacial score (nSPS) is 31.0. The first-order valence-electron chi connectivity index (χ1n) is 7.73. The fourth-order valence-electron chi connectivity index (χ4n) is 4.30. The van der Waals surface area contributed by atoms with E-state index in [1.165, 1.54) is 25.3 Å². The zero-order valence-electron chi connectivity index (χ0n) is 11.7. The molecule has 0 aromatic heterocycles. The molecule has 1 saturated carbocycles. The minimum Gasteiger partial charge on any atom is -0.355 e. The topological polar surface area (TPSA) is 32.3 Å². The van der Waals surface area contributed by atoms with E-state index in [9.17, 15) is 9.18 Å². The number of hydrogen-bond donors (Lipinski definition) is 1. The Kier molecular flexibility index (Phi) is 3.10. The molecule has 3 aliphatic rings. The molecule has 1 aromatic rings. The third-order valence-corrected chi connectivity index (χ3v) is 5.54. The molecule has 1 N–H and O–H groups in total. The first-order chi connectivity index (χ1) is 10.1. The van der Waals surface area contributed by atoms with Crippen molar-refractivity contribution in [3.63, 3.8) is 0 Å². The van der Waals surface area contributed by atoms with Crippen LogP contribution in [0.3, 0.4) is 0 Å². The molecule has 2 heterocycles. The molecule has 1 saturated heterocycles. The summed E-state index contributed by atoms with van der Waals surface area (Å²) in [5.74, 6) is 0.164. The highest BCUT2D eigenvalue weighted by Crippen LogP contribution is 2.46. The monoisotopic (exact) mass is 308 g/mol. The lowest BCUT2D eigenvalue weighted by molar-refractivity contribution is -0.118. The summed E-state index contributed by atoms with van der Waals surface area (Å²) >= 11 is 5.97. The molecule has 1 amide bonds. The van der Waals surface area contributed by atoms with Crippen LogP contribution in [0, 0.1) is 11.7 Å². The van der Waals surface area contributed by atoms with Gasteiger partial charge in [-0.05, 0) is 37.7 Å². The average Bonchev–Trinajstić information content (AvgIpc) is 2.49. The largest absolute Gasteiger partial charge is 0.355 e. The van der Waals surface area contributed by atoms with Gasteiger partial charge in [0.15, 0.2) is 0 Å². The zero-order chi connectivity index (χ0) is 14.6. The van der Waals surface area contributed by atoms with E-state index in [-0.39, 0.29) is 17.0 Å². The molecule has 5 heteroatoms. The molecule has 1 aliphatic carbocycles. The molecule has 21 heavy (non-hydrogen) atoms. The first kappa shape index (κ1) is 13.4. The Bertz CT molecular complexity index is 606. The quantitative estimate of drug-likeness (QED) is 0.787. The van der Waals surface area contributed by atoms with Gasteiger partial charge in [0, 0.05) is 12.1 Å². The highest BCUT2D eigenvalue weighted by Gasteiger charge is 2.44. The predicted molar refractivity (Wildman–Crippen MR) is 81.3 cm³/mol. The van der Waals surface area contributed by atoms with Crippen molar-refractivity contribution in [2.75, 3.05) is 10.2 Å². The van der Waals surface area contributed by atoms with Crippen molar-refractivity contribution in [2.24, 2.45) is 5.92 Å². The van der Waals surface area contributed by atoms with Gasteiger partial charge in [0.25, 0.3) is 0 Å². The van der Waals surface area contributed by atoms with Crippen molar-refractivity contribution in [3.05, 3.63) is 23.0 Å². The van der Waals surface area contributed by atoms with Crippen molar-refractivity contribution >= 4 is 28.9 Å². The van der Waals surface area contributed by atoms with Crippen LogP contribution in [-0.2, 0) is 4.79 Å². The number of amides is 1. The number of nitrogens with one attached hydrogen (secondary N) is 1. The van der Waals surface area contributed by atoms with Crippen molar-refractivity contribution in [2.45, 2.75) is 50.6 Å². The molecular formula is C16H18ClFN2O. The van der Waals surface area contributed by atoms with E-state index in [4.69, 9.17) is 11.6 Å². The lowest BCUT2D eigenvalue weighted by Crippen LogP contribution is -2.58. The number of rotatable bonds is 0. The Morgan fingerprint density at radius 1 is 1.19 bits per heavy atom. The van der Waals surface area contributed by atoms with Crippen LogP contribution in [-0.4, -0.2) is 18.0 Å². The Hall–Kier alpha value is -1.29. The van der Waals surface area contributed by atoms with E-state index < -0.39 is 5.82 Å². The van der Waals surface area contributed by atoms with Gasteiger partial charge in [-0.2, -0.15) is 0 Å². The average molecular weight is 309 g/mol. The van der Waals surface area contributed by atoms with E-state index in [0.29, 0.717) is 17.6 Å². The van der Waals surface area contributed by atoms with E-state index in [0.717, 1.165) is 24.9 Å². The molecule has 0 radical (unpaired) electrons. The van der Waals surface area contributed by atoms with Crippen LogP contribution in [0.4, 0.5) is 15.8 Å². The minimum absolute atomic E-state index is 0.00625. The standard InChI is InChI=1S/C16H18ClFN2O/c17-10-7-15-12(8-11(10)18)19-16(21)14-6-5-9-3-1-2-4-13(9)20(14)15/h7-9,13-14H,1-6H2,(H,19,21). The van der Waals surface area contributed by atoms with Crippen molar-refractivity contribution < 1.29 is 9.18 Å². The predicted octanol–water partition coefficient (Wildman–Crippen LogP) is 3.96. The fraction of sp³-hybridized carbons (Fsp3) is 0.562. The van der Waals surface area contributed by atoms with E-state index >= 15 is 0 Å². The molecule has 1 aromatic carbocycles. The molecular weight excluding hydrogens is 291 g/mol. The highest BCUT2D eigenvalue weighted by molar-refractivity contribution is 6.31. The Labute approximate surface area is 128 Å². The minimum atomic E-state index is -0.480. The highest BCUT2D eigenvalue weighted by atomic mass is 35.5. The Morgan fingerprint density at radius 2 is 2.00 bits per heavy atom. The van der Waals surface area contributed by atoms with Crippen LogP contribution >= 0.6 is 11.6 Å². The van der Waals surface area contributed by atoms with Gasteiger partial charge in [-0.1, -0.05) is 24.4 Å². The molecule has 3 nitrogen and oxygen atoms in total. The first-order valence-corrected chi connectivity index (χ1v) is 8.11. The lowest BCUT2D eigenvalue weighted by Gasteiger charge is -2.51. The van der Waals surface area contributed by atoms with E-state index in [1.807, 2.05) is 0 Å². The molecule has 0 bridgehead atoms. The summed E-state index contributed by atoms with van der Waals surface area (Å²) in [4.78, 5) is 14.6. The lowest BCUT2D eigenvalue weighted by atomic mass is 9.75. The number of anilines is 2. The maximum atomic E-state index is 13.7. The number of benzene rings is 1. The fourth-order valence-corrected chi connectivity index (χ4v) is 4.46. The van der Waals surface area contributed by atoms with Gasteiger partial charge < -0.3 is 10.2 Å². The SMILES string of the molecule is O=C1Nc2cc(F)c(Cl)cc2N2C1CCC1CCCCC12. The summed E-state index contributed by atoms with van der Waals surface area (Å²) < 4.78 is 13.7. The van der Waals surface area contributed by atoms with Gasteiger partial charge in [0.1, 0.15) is 11.9 Å². The van der Waals surface area contributed by atoms with Crippen molar-refractivity contribution in [1.82, 2.24) is 0 Å². The second kappa shape index (κ2) is 4.87. The number of carbonyl (C=O) groups is 1. The van der Waals surface area contributed by atoms with Crippen LogP contribution < -0.4 is 10.2 Å². The van der Waals surface area contributed by atoms with Crippen molar-refractivity contribution in [1.29, 1.82) is 0 Å². The maximum absolute atomic E-state index is 13.7. The van der Waals surface area contributed by atoms with Crippen molar-refractivity contribution in [3.8, 4) is 0 Å². The van der Waals surface area contributed by atoms with Gasteiger partial charge in [-0.15, -0.1) is 0 Å². The van der Waals surface area contributed by atoms with Gasteiger partial charge in [-0.3, -0.25) is 4.79 Å². The summed E-state index contributed by atoms with van der Waals surface area (Å²) in [5.41, 5.74) is 1.45. The number of nitrogens with zero attached hydrogens (tertiary/aromatic N) is 1. The van der Waals surface area contributed by atoms with Crippen LogP contribution in [0.2, 0.25) is 5.02 Å². The van der Waals surface area contributed by atoms with Gasteiger partial charge in [0.05, 0.1) is 16.4 Å². The number of carbonyl (C=O) groups excluding carboxylic acids is 1. The molecule has 4 rings (SSSR count). The van der Waals surface area contributed by atoms with Gasteiger partial charge in [0.2, 0.25) is 5.91 Å². The third-order valence-electron chi connectivity index (χ3n) is 5.25. The molecule has 3 atom stereocenters. The molecule has 0 spiro atoms. The van der Waals surface area contributed by atoms with Crippen LogP contribution in [0.5, 0.6) is 0 Å². The second-order valence-corrected chi connectivity index (χ2v) is 6.79. The molecule has 2 fully saturated rings.